The molecule has 1 atom stereocenters. The number of para-hydroxylation sites is 1. The van der Waals surface area contributed by atoms with E-state index in [1.54, 1.807) is 24.3 Å². The molecule has 8 nitrogen and oxygen atoms in total. The number of ether oxygens (including phenoxy) is 1. The van der Waals surface area contributed by atoms with Crippen LogP contribution < -0.4 is 15.8 Å². The number of primary amides is 1. The Balaban J connectivity index is 1.67. The summed E-state index contributed by atoms with van der Waals surface area (Å²) < 4.78 is 7.89. The second-order valence-corrected chi connectivity index (χ2v) is 9.33. The molecule has 0 aliphatic carbocycles. The van der Waals surface area contributed by atoms with E-state index < -0.39 is 11.2 Å². The van der Waals surface area contributed by atoms with E-state index in [4.69, 9.17) is 10.5 Å². The van der Waals surface area contributed by atoms with Gasteiger partial charge in [-0.05, 0) is 55.7 Å². The first-order valence-electron chi connectivity index (χ1n) is 10.8. The number of benzene rings is 2. The Hall–Kier alpha value is -3.33. The quantitative estimate of drug-likeness (QED) is 0.410. The molecule has 2 amide bonds. The molecule has 3 rings (SSSR count). The van der Waals surface area contributed by atoms with Gasteiger partial charge in [0.2, 0.25) is 11.8 Å². The molecular formula is C24H29N5O3S. The minimum absolute atomic E-state index is 0.174. The van der Waals surface area contributed by atoms with E-state index in [1.807, 2.05) is 41.8 Å². The van der Waals surface area contributed by atoms with Crippen molar-refractivity contribution in [1.82, 2.24) is 14.8 Å². The lowest BCUT2D eigenvalue weighted by molar-refractivity contribution is -0.115. The number of nitrogens with zero attached hydrogens (tertiary/aromatic N) is 3. The average molecular weight is 468 g/mol. The first kappa shape index (κ1) is 24.3. The standard InChI is InChI=1S/C24H29N5O3S/c1-16(2)13-14-29-21(15-32-20-7-5-4-6-8-20)27-28-24(29)33-17(3)23(31)26-19-11-9-18(10-12-19)22(25)30/h4-12,16-17H,13-15H2,1-3H3,(H2,25,30)(H,26,31). The number of anilines is 1. The highest BCUT2D eigenvalue weighted by Crippen LogP contribution is 2.25. The Bertz CT molecular complexity index is 1070. The number of nitrogens with two attached hydrogens (primary N) is 1. The molecule has 33 heavy (non-hydrogen) atoms. The predicted octanol–water partition coefficient (Wildman–Crippen LogP) is 4.12. The Kier molecular flexibility index (Phi) is 8.48. The fourth-order valence-electron chi connectivity index (χ4n) is 2.96. The molecule has 0 radical (unpaired) electrons. The third kappa shape index (κ3) is 7.08. The summed E-state index contributed by atoms with van der Waals surface area (Å²) in [5.41, 5.74) is 6.24. The third-order valence-corrected chi connectivity index (χ3v) is 6.00. The zero-order valence-electron chi connectivity index (χ0n) is 19.0. The number of thioether (sulfide) groups is 1. The third-order valence-electron chi connectivity index (χ3n) is 4.92. The zero-order chi connectivity index (χ0) is 23.8. The van der Waals surface area contributed by atoms with Crippen molar-refractivity contribution in [2.24, 2.45) is 11.7 Å². The largest absolute Gasteiger partial charge is 0.486 e. The number of nitrogens with one attached hydrogen (secondary N) is 1. The molecule has 1 heterocycles. The lowest BCUT2D eigenvalue weighted by Gasteiger charge is -2.15. The van der Waals surface area contributed by atoms with Crippen molar-refractivity contribution in [3.8, 4) is 5.75 Å². The average Bonchev–Trinajstić information content (AvgIpc) is 3.18. The summed E-state index contributed by atoms with van der Waals surface area (Å²) >= 11 is 1.35. The van der Waals surface area contributed by atoms with Gasteiger partial charge in [0, 0.05) is 17.8 Å². The fourth-order valence-corrected chi connectivity index (χ4v) is 3.86. The predicted molar refractivity (Wildman–Crippen MR) is 129 cm³/mol. The van der Waals surface area contributed by atoms with Crippen LogP contribution in [0.3, 0.4) is 0 Å². The molecule has 1 unspecified atom stereocenters. The summed E-state index contributed by atoms with van der Waals surface area (Å²) in [5.74, 6) is 1.31. The summed E-state index contributed by atoms with van der Waals surface area (Å²) in [7, 11) is 0. The summed E-state index contributed by atoms with van der Waals surface area (Å²) in [6.45, 7) is 7.18. The van der Waals surface area contributed by atoms with Crippen molar-refractivity contribution in [2.45, 2.75) is 50.8 Å². The van der Waals surface area contributed by atoms with Gasteiger partial charge in [-0.1, -0.05) is 43.8 Å². The highest BCUT2D eigenvalue weighted by Gasteiger charge is 2.21. The van der Waals surface area contributed by atoms with Gasteiger partial charge in [-0.2, -0.15) is 0 Å². The molecule has 0 bridgehead atoms. The second kappa shape index (κ2) is 11.5. The van der Waals surface area contributed by atoms with Crippen LogP contribution in [0, 0.1) is 5.92 Å². The minimum Gasteiger partial charge on any atom is -0.486 e. The SMILES string of the molecule is CC(C)CCn1c(COc2ccccc2)nnc1SC(C)C(=O)Nc1ccc(C(N)=O)cc1. The number of amides is 2. The maximum atomic E-state index is 12.7. The molecule has 174 valence electrons. The molecular weight excluding hydrogens is 438 g/mol. The molecule has 3 N–H and O–H groups in total. The normalized spacial score (nSPS) is 11.9. The van der Waals surface area contributed by atoms with E-state index in [-0.39, 0.29) is 5.91 Å². The topological polar surface area (TPSA) is 112 Å². The number of hydrogen-bond donors (Lipinski definition) is 2. The monoisotopic (exact) mass is 467 g/mol. The van der Waals surface area contributed by atoms with Crippen LogP contribution in [0.25, 0.3) is 0 Å². The Morgan fingerprint density at radius 2 is 1.76 bits per heavy atom. The van der Waals surface area contributed by atoms with Gasteiger partial charge in [0.05, 0.1) is 5.25 Å². The maximum absolute atomic E-state index is 12.7. The first-order valence-corrected chi connectivity index (χ1v) is 11.7. The van der Waals surface area contributed by atoms with Crippen molar-refractivity contribution >= 4 is 29.3 Å². The van der Waals surface area contributed by atoms with E-state index in [0.717, 1.165) is 24.5 Å². The minimum atomic E-state index is -0.510. The van der Waals surface area contributed by atoms with Crippen molar-refractivity contribution in [3.63, 3.8) is 0 Å². The van der Waals surface area contributed by atoms with Gasteiger partial charge in [0.25, 0.3) is 0 Å². The molecule has 0 saturated heterocycles. The van der Waals surface area contributed by atoms with E-state index >= 15 is 0 Å². The first-order chi connectivity index (χ1) is 15.8. The van der Waals surface area contributed by atoms with E-state index in [0.29, 0.717) is 28.9 Å². The Morgan fingerprint density at radius 1 is 1.06 bits per heavy atom. The molecule has 2 aromatic carbocycles. The van der Waals surface area contributed by atoms with Crippen LogP contribution in [0.4, 0.5) is 5.69 Å². The van der Waals surface area contributed by atoms with Crippen LogP contribution >= 0.6 is 11.8 Å². The van der Waals surface area contributed by atoms with Gasteiger partial charge in [-0.15, -0.1) is 10.2 Å². The van der Waals surface area contributed by atoms with Gasteiger partial charge in [0.15, 0.2) is 11.0 Å². The van der Waals surface area contributed by atoms with Crippen LogP contribution in [-0.2, 0) is 17.9 Å². The molecule has 9 heteroatoms. The number of carbonyl (C=O) groups excluding carboxylic acids is 2. The van der Waals surface area contributed by atoms with Crippen LogP contribution in [0.2, 0.25) is 0 Å². The summed E-state index contributed by atoms with van der Waals surface area (Å²) in [6, 6.07) is 16.0. The van der Waals surface area contributed by atoms with Gasteiger partial charge < -0.3 is 20.4 Å². The zero-order valence-corrected chi connectivity index (χ0v) is 19.8. The van der Waals surface area contributed by atoms with Gasteiger partial charge in [-0.25, -0.2) is 0 Å². The lowest BCUT2D eigenvalue weighted by atomic mass is 10.1. The molecule has 0 aliphatic heterocycles. The molecule has 0 aliphatic rings. The number of rotatable bonds is 11. The molecule has 0 saturated carbocycles. The summed E-state index contributed by atoms with van der Waals surface area (Å²) in [6.07, 6.45) is 0.955. The summed E-state index contributed by atoms with van der Waals surface area (Å²) in [5, 5.41) is 11.8. The van der Waals surface area contributed by atoms with Crippen LogP contribution in [0.5, 0.6) is 5.75 Å². The van der Waals surface area contributed by atoms with Crippen molar-refractivity contribution < 1.29 is 14.3 Å². The van der Waals surface area contributed by atoms with Crippen LogP contribution in [0.1, 0.15) is 43.4 Å². The number of hydrogen-bond acceptors (Lipinski definition) is 6. The second-order valence-electron chi connectivity index (χ2n) is 8.03. The van der Waals surface area contributed by atoms with Crippen molar-refractivity contribution in [1.29, 1.82) is 0 Å². The van der Waals surface area contributed by atoms with Crippen LogP contribution in [-0.4, -0.2) is 31.8 Å². The van der Waals surface area contributed by atoms with Crippen molar-refractivity contribution in [2.75, 3.05) is 5.32 Å². The molecule has 0 spiro atoms. The number of aromatic nitrogens is 3. The summed E-state index contributed by atoms with van der Waals surface area (Å²) in [4.78, 5) is 23.9. The van der Waals surface area contributed by atoms with Gasteiger partial charge >= 0.3 is 0 Å². The van der Waals surface area contributed by atoms with E-state index in [1.165, 1.54) is 11.8 Å². The molecule has 1 aromatic heterocycles. The number of carbonyl (C=O) groups is 2. The smallest absolute Gasteiger partial charge is 0.248 e. The van der Waals surface area contributed by atoms with Crippen molar-refractivity contribution in [3.05, 3.63) is 66.0 Å². The maximum Gasteiger partial charge on any atom is 0.248 e. The van der Waals surface area contributed by atoms with E-state index in [2.05, 4.69) is 29.4 Å². The molecule has 3 aromatic rings. The van der Waals surface area contributed by atoms with Gasteiger partial charge in [0.1, 0.15) is 12.4 Å². The van der Waals surface area contributed by atoms with Crippen LogP contribution in [0.15, 0.2) is 59.8 Å². The Morgan fingerprint density at radius 3 is 2.39 bits per heavy atom. The lowest BCUT2D eigenvalue weighted by Crippen LogP contribution is -2.23. The Labute approximate surface area is 197 Å². The highest BCUT2D eigenvalue weighted by atomic mass is 32.2. The highest BCUT2D eigenvalue weighted by molar-refractivity contribution is 8.00. The fraction of sp³-hybridized carbons (Fsp3) is 0.333. The van der Waals surface area contributed by atoms with E-state index in [9.17, 15) is 9.59 Å². The molecule has 0 fully saturated rings. The van der Waals surface area contributed by atoms with Gasteiger partial charge in [-0.3, -0.25) is 9.59 Å².